The van der Waals surface area contributed by atoms with E-state index in [1.165, 1.54) is 16.8 Å². The Morgan fingerprint density at radius 3 is 2.46 bits per heavy atom. The monoisotopic (exact) mass is 396 g/mol. The molecule has 1 aliphatic heterocycles. The van der Waals surface area contributed by atoms with E-state index in [2.05, 4.69) is 47.2 Å². The summed E-state index contributed by atoms with van der Waals surface area (Å²) in [7, 11) is 0. The fourth-order valence-electron chi connectivity index (χ4n) is 3.03. The molecule has 0 unspecified atom stereocenters. The van der Waals surface area contributed by atoms with E-state index in [-0.39, 0.29) is 6.09 Å². The van der Waals surface area contributed by atoms with Crippen LogP contribution in [0.15, 0.2) is 16.6 Å². The number of benzene rings is 1. The summed E-state index contributed by atoms with van der Waals surface area (Å²) in [5, 5.41) is 3.58. The second-order valence-corrected chi connectivity index (χ2v) is 8.58. The highest BCUT2D eigenvalue weighted by atomic mass is 79.9. The van der Waals surface area contributed by atoms with Gasteiger partial charge in [-0.2, -0.15) is 0 Å². The van der Waals surface area contributed by atoms with E-state index in [1.807, 2.05) is 25.7 Å². The highest BCUT2D eigenvalue weighted by Gasteiger charge is 2.26. The highest BCUT2D eigenvalue weighted by molar-refractivity contribution is 9.10. The van der Waals surface area contributed by atoms with Gasteiger partial charge < -0.3 is 15.0 Å². The van der Waals surface area contributed by atoms with Crippen LogP contribution in [0.4, 0.5) is 10.5 Å². The van der Waals surface area contributed by atoms with Gasteiger partial charge in [0.05, 0.1) is 5.69 Å². The molecule has 1 heterocycles. The number of amides is 1. The number of hydrogen-bond donors (Lipinski definition) is 1. The second kappa shape index (κ2) is 7.77. The summed E-state index contributed by atoms with van der Waals surface area (Å²) in [6, 6.07) is 4.33. The topological polar surface area (TPSA) is 41.6 Å². The van der Waals surface area contributed by atoms with Gasteiger partial charge in [0.25, 0.3) is 0 Å². The van der Waals surface area contributed by atoms with Crippen molar-refractivity contribution < 1.29 is 9.53 Å². The number of likely N-dealkylation sites (tertiary alicyclic amines) is 1. The van der Waals surface area contributed by atoms with E-state index in [0.29, 0.717) is 5.92 Å². The zero-order valence-corrected chi connectivity index (χ0v) is 17.0. The Labute approximate surface area is 154 Å². The molecule has 1 fully saturated rings. The number of ether oxygens (including phenoxy) is 1. The van der Waals surface area contributed by atoms with Crippen molar-refractivity contribution in [1.82, 2.24) is 4.90 Å². The van der Waals surface area contributed by atoms with Crippen molar-refractivity contribution in [3.05, 3.63) is 27.7 Å². The van der Waals surface area contributed by atoms with Crippen molar-refractivity contribution in [2.24, 2.45) is 5.92 Å². The van der Waals surface area contributed by atoms with Crippen LogP contribution in [0, 0.1) is 19.8 Å². The molecule has 0 spiro atoms. The summed E-state index contributed by atoms with van der Waals surface area (Å²) in [6.45, 7) is 12.4. The molecular weight excluding hydrogens is 368 g/mol. The van der Waals surface area contributed by atoms with Crippen LogP contribution in [0.2, 0.25) is 0 Å². The van der Waals surface area contributed by atoms with Crippen molar-refractivity contribution >= 4 is 27.7 Å². The van der Waals surface area contributed by atoms with Crippen molar-refractivity contribution in [3.8, 4) is 0 Å². The Morgan fingerprint density at radius 1 is 1.29 bits per heavy atom. The summed E-state index contributed by atoms with van der Waals surface area (Å²) in [5.74, 6) is 0.580. The van der Waals surface area contributed by atoms with Gasteiger partial charge in [-0.05, 0) is 86.5 Å². The van der Waals surface area contributed by atoms with Crippen LogP contribution >= 0.6 is 15.9 Å². The molecule has 0 radical (unpaired) electrons. The predicted molar refractivity (Wildman–Crippen MR) is 103 cm³/mol. The summed E-state index contributed by atoms with van der Waals surface area (Å²) in [4.78, 5) is 13.9. The van der Waals surface area contributed by atoms with Crippen LogP contribution in [0.5, 0.6) is 0 Å². The van der Waals surface area contributed by atoms with Gasteiger partial charge in [0.2, 0.25) is 0 Å². The van der Waals surface area contributed by atoms with E-state index >= 15 is 0 Å². The molecule has 134 valence electrons. The lowest BCUT2D eigenvalue weighted by Crippen LogP contribution is -2.42. The van der Waals surface area contributed by atoms with E-state index in [4.69, 9.17) is 4.74 Å². The van der Waals surface area contributed by atoms with Gasteiger partial charge in [0.15, 0.2) is 0 Å². The van der Waals surface area contributed by atoms with Crippen LogP contribution in [0.3, 0.4) is 0 Å². The zero-order chi connectivity index (χ0) is 17.9. The average molecular weight is 397 g/mol. The van der Waals surface area contributed by atoms with E-state index in [1.54, 1.807) is 0 Å². The number of nitrogens with one attached hydrogen (secondary N) is 1. The fraction of sp³-hybridized carbons (Fsp3) is 0.632. The molecule has 1 aromatic rings. The van der Waals surface area contributed by atoms with Gasteiger partial charge in [0, 0.05) is 24.1 Å². The molecule has 1 aromatic carbocycles. The Balaban J connectivity index is 1.83. The van der Waals surface area contributed by atoms with Gasteiger partial charge >= 0.3 is 6.09 Å². The molecule has 0 aromatic heterocycles. The third-order valence-electron chi connectivity index (χ3n) is 4.27. The minimum absolute atomic E-state index is 0.189. The average Bonchev–Trinajstić information content (AvgIpc) is 2.45. The number of rotatable bonds is 3. The van der Waals surface area contributed by atoms with Gasteiger partial charge in [-0.25, -0.2) is 4.79 Å². The predicted octanol–water partition coefficient (Wildman–Crippen LogP) is 5.12. The molecule has 0 saturated carbocycles. The lowest BCUT2D eigenvalue weighted by molar-refractivity contribution is 0.0188. The maximum absolute atomic E-state index is 12.1. The van der Waals surface area contributed by atoms with Crippen LogP contribution in [-0.2, 0) is 4.74 Å². The van der Waals surface area contributed by atoms with Gasteiger partial charge in [-0.1, -0.05) is 6.07 Å². The number of carbonyl (C=O) groups is 1. The minimum atomic E-state index is -0.426. The lowest BCUT2D eigenvalue weighted by atomic mass is 9.96. The third kappa shape index (κ3) is 5.40. The third-order valence-corrected chi connectivity index (χ3v) is 4.89. The first-order chi connectivity index (χ1) is 11.2. The molecule has 5 heteroatoms. The van der Waals surface area contributed by atoms with Crippen LogP contribution in [0.25, 0.3) is 0 Å². The van der Waals surface area contributed by atoms with Crippen molar-refractivity contribution in [3.63, 3.8) is 0 Å². The summed E-state index contributed by atoms with van der Waals surface area (Å²) < 4.78 is 6.57. The number of carbonyl (C=O) groups excluding carboxylic acids is 1. The first-order valence-corrected chi connectivity index (χ1v) is 9.43. The van der Waals surface area contributed by atoms with E-state index in [9.17, 15) is 4.79 Å². The second-order valence-electron chi connectivity index (χ2n) is 7.73. The molecule has 1 saturated heterocycles. The number of hydrogen-bond acceptors (Lipinski definition) is 3. The van der Waals surface area contributed by atoms with Crippen molar-refractivity contribution in [2.45, 2.75) is 53.1 Å². The first kappa shape index (κ1) is 19.1. The SMILES string of the molecule is Cc1cc(C)c(NCC2CCN(C(=O)OC(C)(C)C)CC2)c(Br)c1. The molecule has 1 aliphatic rings. The van der Waals surface area contributed by atoms with Crippen molar-refractivity contribution in [2.75, 3.05) is 25.0 Å². The first-order valence-electron chi connectivity index (χ1n) is 8.64. The summed E-state index contributed by atoms with van der Waals surface area (Å²) >= 11 is 3.65. The smallest absolute Gasteiger partial charge is 0.410 e. The molecule has 1 amide bonds. The van der Waals surface area contributed by atoms with Gasteiger partial charge in [0.1, 0.15) is 5.60 Å². The van der Waals surface area contributed by atoms with Crippen LogP contribution < -0.4 is 5.32 Å². The maximum Gasteiger partial charge on any atom is 0.410 e. The number of anilines is 1. The number of aryl methyl sites for hydroxylation is 2. The lowest BCUT2D eigenvalue weighted by Gasteiger charge is -2.33. The van der Waals surface area contributed by atoms with Crippen molar-refractivity contribution in [1.29, 1.82) is 0 Å². The van der Waals surface area contributed by atoms with Crippen LogP contribution in [-0.4, -0.2) is 36.2 Å². The molecule has 4 nitrogen and oxygen atoms in total. The molecule has 0 aliphatic carbocycles. The Morgan fingerprint density at radius 2 is 1.92 bits per heavy atom. The summed E-state index contributed by atoms with van der Waals surface area (Å²) in [5.41, 5.74) is 3.27. The number of piperidine rings is 1. The zero-order valence-electron chi connectivity index (χ0n) is 15.4. The van der Waals surface area contributed by atoms with Gasteiger partial charge in [-0.15, -0.1) is 0 Å². The molecule has 0 bridgehead atoms. The fourth-order valence-corrected chi connectivity index (χ4v) is 3.85. The highest BCUT2D eigenvalue weighted by Crippen LogP contribution is 2.29. The van der Waals surface area contributed by atoms with E-state index < -0.39 is 5.60 Å². The molecule has 0 atom stereocenters. The van der Waals surface area contributed by atoms with E-state index in [0.717, 1.165) is 36.9 Å². The molecular formula is C19H29BrN2O2. The molecule has 1 N–H and O–H groups in total. The minimum Gasteiger partial charge on any atom is -0.444 e. The van der Waals surface area contributed by atoms with Gasteiger partial charge in [-0.3, -0.25) is 0 Å². The molecule has 24 heavy (non-hydrogen) atoms. The Bertz CT molecular complexity index is 565. The Kier molecular flexibility index (Phi) is 6.18. The Hall–Kier alpha value is -1.23. The maximum atomic E-state index is 12.1. The number of nitrogens with zero attached hydrogens (tertiary/aromatic N) is 1. The van der Waals surface area contributed by atoms with Crippen LogP contribution in [0.1, 0.15) is 44.7 Å². The number of halogens is 1. The standard InChI is InChI=1S/C19H29BrN2O2/c1-13-10-14(2)17(16(20)11-13)21-12-15-6-8-22(9-7-15)18(23)24-19(3,4)5/h10-11,15,21H,6-9,12H2,1-5H3. The largest absolute Gasteiger partial charge is 0.444 e. The quantitative estimate of drug-likeness (QED) is 0.769. The molecule has 2 rings (SSSR count). The normalized spacial score (nSPS) is 16.2. The summed E-state index contributed by atoms with van der Waals surface area (Å²) in [6.07, 6.45) is 1.83.